The van der Waals surface area contributed by atoms with Gasteiger partial charge >= 0.3 is 0 Å². The highest BCUT2D eigenvalue weighted by Crippen LogP contribution is 2.23. The molecular formula is C21H25IN4O2S. The maximum absolute atomic E-state index is 5.84. The van der Waals surface area contributed by atoms with Crippen molar-refractivity contribution in [3.8, 4) is 17.4 Å². The van der Waals surface area contributed by atoms with Crippen LogP contribution < -0.4 is 20.1 Å². The van der Waals surface area contributed by atoms with Gasteiger partial charge in [-0.2, -0.15) is 0 Å². The molecule has 0 aliphatic carbocycles. The minimum atomic E-state index is 0. The molecule has 0 fully saturated rings. The van der Waals surface area contributed by atoms with E-state index >= 15 is 0 Å². The van der Waals surface area contributed by atoms with Crippen molar-refractivity contribution in [3.05, 3.63) is 70.5 Å². The lowest BCUT2D eigenvalue weighted by Gasteiger charge is -2.12. The lowest BCUT2D eigenvalue weighted by molar-refractivity contribution is 0.339. The van der Waals surface area contributed by atoms with Crippen LogP contribution in [0.4, 0.5) is 0 Å². The maximum Gasteiger partial charge on any atom is 0.219 e. The fourth-order valence-corrected chi connectivity index (χ4v) is 3.14. The van der Waals surface area contributed by atoms with E-state index in [1.54, 1.807) is 24.6 Å². The molecule has 3 rings (SSSR count). The molecule has 0 spiro atoms. The zero-order chi connectivity index (χ0) is 19.6. The van der Waals surface area contributed by atoms with E-state index in [0.29, 0.717) is 19.0 Å². The molecule has 0 bridgehead atoms. The van der Waals surface area contributed by atoms with Crippen LogP contribution in [0.3, 0.4) is 0 Å². The minimum absolute atomic E-state index is 0. The molecular weight excluding hydrogens is 499 g/mol. The first-order valence-corrected chi connectivity index (χ1v) is 9.97. The van der Waals surface area contributed by atoms with Gasteiger partial charge in [0.25, 0.3) is 0 Å². The average Bonchev–Trinajstić information content (AvgIpc) is 3.24. The number of guanidine groups is 1. The summed E-state index contributed by atoms with van der Waals surface area (Å²) in [5.74, 6) is 2.83. The highest BCUT2D eigenvalue weighted by atomic mass is 127. The predicted molar refractivity (Wildman–Crippen MR) is 129 cm³/mol. The Bertz CT molecular complexity index is 886. The molecule has 0 atom stereocenters. The van der Waals surface area contributed by atoms with Crippen molar-refractivity contribution in [1.82, 2.24) is 15.6 Å². The largest absolute Gasteiger partial charge is 0.494 e. The molecule has 154 valence electrons. The number of halogens is 1. The van der Waals surface area contributed by atoms with Gasteiger partial charge in [-0.15, -0.1) is 35.3 Å². The summed E-state index contributed by atoms with van der Waals surface area (Å²) in [6.45, 7) is 3.97. The zero-order valence-corrected chi connectivity index (χ0v) is 19.6. The van der Waals surface area contributed by atoms with Gasteiger partial charge in [0.05, 0.1) is 13.2 Å². The number of ether oxygens (including phenoxy) is 2. The second-order valence-corrected chi connectivity index (χ2v) is 6.90. The summed E-state index contributed by atoms with van der Waals surface area (Å²) in [4.78, 5) is 9.80. The molecule has 0 amide bonds. The summed E-state index contributed by atoms with van der Waals surface area (Å²) < 4.78 is 11.3. The molecule has 0 aliphatic heterocycles. The molecule has 3 aromatic rings. The SMILES string of the molecule is CCOc1ccc(Oc2cc(CNC(=NC)NCc3cccs3)ccn2)cc1.I. The zero-order valence-electron chi connectivity index (χ0n) is 16.4. The van der Waals surface area contributed by atoms with E-state index in [1.165, 1.54) is 4.88 Å². The second kappa shape index (κ2) is 12.3. The molecule has 2 heterocycles. The third kappa shape index (κ3) is 7.54. The summed E-state index contributed by atoms with van der Waals surface area (Å²) in [5.41, 5.74) is 1.05. The predicted octanol–water partition coefficient (Wildman–Crippen LogP) is 4.82. The molecule has 29 heavy (non-hydrogen) atoms. The first-order chi connectivity index (χ1) is 13.8. The Balaban J connectivity index is 0.00000300. The summed E-state index contributed by atoms with van der Waals surface area (Å²) in [5, 5.41) is 8.67. The molecule has 0 saturated carbocycles. The van der Waals surface area contributed by atoms with Gasteiger partial charge in [-0.05, 0) is 54.3 Å². The lowest BCUT2D eigenvalue weighted by Crippen LogP contribution is -2.36. The Morgan fingerprint density at radius 2 is 1.83 bits per heavy atom. The van der Waals surface area contributed by atoms with Gasteiger partial charge in [0, 0.05) is 30.7 Å². The topological polar surface area (TPSA) is 67.8 Å². The molecule has 2 N–H and O–H groups in total. The first kappa shape index (κ1) is 23.0. The number of thiophene rings is 1. The Kier molecular flexibility index (Phi) is 9.72. The minimum Gasteiger partial charge on any atom is -0.494 e. The van der Waals surface area contributed by atoms with Gasteiger partial charge < -0.3 is 20.1 Å². The van der Waals surface area contributed by atoms with E-state index in [9.17, 15) is 0 Å². The molecule has 6 nitrogen and oxygen atoms in total. The van der Waals surface area contributed by atoms with Gasteiger partial charge in [0.2, 0.25) is 5.88 Å². The van der Waals surface area contributed by atoms with Crippen LogP contribution in [0.5, 0.6) is 17.4 Å². The first-order valence-electron chi connectivity index (χ1n) is 9.09. The van der Waals surface area contributed by atoms with E-state index < -0.39 is 0 Å². The summed E-state index contributed by atoms with van der Waals surface area (Å²) in [7, 11) is 1.76. The van der Waals surface area contributed by atoms with E-state index in [0.717, 1.165) is 29.6 Å². The van der Waals surface area contributed by atoms with Crippen LogP contribution in [-0.4, -0.2) is 24.6 Å². The fraction of sp³-hybridized carbons (Fsp3) is 0.238. The van der Waals surface area contributed by atoms with Crippen LogP contribution in [0.15, 0.2) is 65.1 Å². The smallest absolute Gasteiger partial charge is 0.219 e. The van der Waals surface area contributed by atoms with Crippen molar-refractivity contribution in [3.63, 3.8) is 0 Å². The summed E-state index contributed by atoms with van der Waals surface area (Å²) in [6, 6.07) is 15.5. The van der Waals surface area contributed by atoms with Crippen LogP contribution in [0, 0.1) is 0 Å². The van der Waals surface area contributed by atoms with Crippen LogP contribution in [0.1, 0.15) is 17.4 Å². The third-order valence-corrected chi connectivity index (χ3v) is 4.73. The number of hydrogen-bond donors (Lipinski definition) is 2. The molecule has 0 aliphatic rings. The molecule has 0 radical (unpaired) electrons. The van der Waals surface area contributed by atoms with Crippen molar-refractivity contribution in [1.29, 1.82) is 0 Å². The number of pyridine rings is 1. The summed E-state index contributed by atoms with van der Waals surface area (Å²) in [6.07, 6.45) is 1.74. The maximum atomic E-state index is 5.84. The molecule has 0 unspecified atom stereocenters. The average molecular weight is 524 g/mol. The quantitative estimate of drug-likeness (QED) is 0.251. The number of nitrogens with zero attached hydrogens (tertiary/aromatic N) is 2. The molecule has 8 heteroatoms. The number of benzene rings is 1. The highest BCUT2D eigenvalue weighted by molar-refractivity contribution is 14.0. The Morgan fingerprint density at radius 3 is 2.52 bits per heavy atom. The highest BCUT2D eigenvalue weighted by Gasteiger charge is 2.04. The van der Waals surface area contributed by atoms with E-state index in [1.807, 2.05) is 49.4 Å². The van der Waals surface area contributed by atoms with Crippen LogP contribution in [0.2, 0.25) is 0 Å². The van der Waals surface area contributed by atoms with Crippen molar-refractivity contribution in [2.45, 2.75) is 20.0 Å². The Morgan fingerprint density at radius 1 is 1.07 bits per heavy atom. The van der Waals surface area contributed by atoms with Crippen LogP contribution >= 0.6 is 35.3 Å². The van der Waals surface area contributed by atoms with Crippen molar-refractivity contribution in [2.24, 2.45) is 4.99 Å². The number of nitrogens with one attached hydrogen (secondary N) is 2. The number of aliphatic imine (C=N–C) groups is 1. The van der Waals surface area contributed by atoms with Gasteiger partial charge in [0.1, 0.15) is 11.5 Å². The van der Waals surface area contributed by atoms with Crippen molar-refractivity contribution >= 4 is 41.3 Å². The number of rotatable bonds is 8. The third-order valence-electron chi connectivity index (χ3n) is 3.85. The summed E-state index contributed by atoms with van der Waals surface area (Å²) >= 11 is 1.72. The Labute approximate surface area is 192 Å². The standard InChI is InChI=1S/C21H24N4O2S.HI/c1-3-26-17-6-8-18(9-7-17)27-20-13-16(10-11-23-20)14-24-21(22-2)25-15-19-5-4-12-28-19;/h4-13H,3,14-15H2,1-2H3,(H2,22,24,25);1H. The van der Waals surface area contributed by atoms with E-state index in [4.69, 9.17) is 9.47 Å². The second-order valence-electron chi connectivity index (χ2n) is 5.87. The number of aromatic nitrogens is 1. The van der Waals surface area contributed by atoms with Crippen molar-refractivity contribution in [2.75, 3.05) is 13.7 Å². The number of hydrogen-bond acceptors (Lipinski definition) is 5. The van der Waals surface area contributed by atoms with Gasteiger partial charge in [-0.25, -0.2) is 4.98 Å². The van der Waals surface area contributed by atoms with Crippen molar-refractivity contribution < 1.29 is 9.47 Å². The normalized spacial score (nSPS) is 10.8. The Hall–Kier alpha value is -2.33. The van der Waals surface area contributed by atoms with E-state index in [-0.39, 0.29) is 24.0 Å². The van der Waals surface area contributed by atoms with Crippen LogP contribution in [-0.2, 0) is 13.1 Å². The molecule has 1 aromatic carbocycles. The van der Waals surface area contributed by atoms with E-state index in [2.05, 4.69) is 32.1 Å². The lowest BCUT2D eigenvalue weighted by atomic mass is 10.2. The monoisotopic (exact) mass is 524 g/mol. The van der Waals surface area contributed by atoms with Gasteiger partial charge in [-0.1, -0.05) is 6.07 Å². The molecule has 0 saturated heterocycles. The van der Waals surface area contributed by atoms with Gasteiger partial charge in [-0.3, -0.25) is 4.99 Å². The van der Waals surface area contributed by atoms with Gasteiger partial charge in [0.15, 0.2) is 5.96 Å². The fourth-order valence-electron chi connectivity index (χ4n) is 2.50. The molecule has 2 aromatic heterocycles. The van der Waals surface area contributed by atoms with Crippen LogP contribution in [0.25, 0.3) is 0 Å².